The molecule has 20 heavy (non-hydrogen) atoms. The lowest BCUT2D eigenvalue weighted by molar-refractivity contribution is 0.412. The zero-order valence-electron chi connectivity index (χ0n) is 11.5. The van der Waals surface area contributed by atoms with Crippen LogP contribution in [-0.2, 0) is 6.54 Å². The van der Waals surface area contributed by atoms with Crippen LogP contribution >= 0.6 is 11.3 Å². The topological polar surface area (TPSA) is 34.1 Å². The lowest BCUT2D eigenvalue weighted by Gasteiger charge is -2.08. The summed E-state index contributed by atoms with van der Waals surface area (Å²) in [6, 6.07) is 14.3. The number of fused-ring (bicyclic) bond motifs is 1. The van der Waals surface area contributed by atoms with Gasteiger partial charge in [-0.2, -0.15) is 0 Å². The summed E-state index contributed by atoms with van der Waals surface area (Å²) in [4.78, 5) is 4.62. The highest BCUT2D eigenvalue weighted by Crippen LogP contribution is 2.24. The minimum absolute atomic E-state index is 0.741. The molecule has 0 aliphatic carbocycles. The van der Waals surface area contributed by atoms with Gasteiger partial charge < -0.3 is 10.1 Å². The van der Waals surface area contributed by atoms with E-state index in [1.54, 1.807) is 18.4 Å². The predicted octanol–water partition coefficient (Wildman–Crippen LogP) is 4.23. The third kappa shape index (κ3) is 2.60. The summed E-state index contributed by atoms with van der Waals surface area (Å²) in [5.74, 6) is 0.913. The largest absolute Gasteiger partial charge is 0.496 e. The van der Waals surface area contributed by atoms with Crippen molar-refractivity contribution in [3.05, 3.63) is 53.0 Å². The molecule has 1 aromatic heterocycles. The Kier molecular flexibility index (Phi) is 3.56. The van der Waals surface area contributed by atoms with E-state index >= 15 is 0 Å². The summed E-state index contributed by atoms with van der Waals surface area (Å²) < 4.78 is 6.50. The van der Waals surface area contributed by atoms with Crippen LogP contribution in [0.1, 0.15) is 10.6 Å². The molecule has 0 radical (unpaired) electrons. The zero-order valence-corrected chi connectivity index (χ0v) is 12.3. The molecular weight excluding hydrogens is 268 g/mol. The van der Waals surface area contributed by atoms with Crippen molar-refractivity contribution in [2.75, 3.05) is 12.4 Å². The second-order valence-electron chi connectivity index (χ2n) is 4.61. The molecule has 2 aromatic carbocycles. The third-order valence-electron chi connectivity index (χ3n) is 3.18. The monoisotopic (exact) mass is 284 g/mol. The van der Waals surface area contributed by atoms with Crippen LogP contribution < -0.4 is 10.1 Å². The number of hydrogen-bond donors (Lipinski definition) is 1. The summed E-state index contributed by atoms with van der Waals surface area (Å²) in [5.41, 5.74) is 3.28. The van der Waals surface area contributed by atoms with Gasteiger partial charge in [-0.15, -0.1) is 11.3 Å². The number of para-hydroxylation sites is 1. The number of aryl methyl sites for hydroxylation is 1. The smallest absolute Gasteiger partial charge is 0.121 e. The summed E-state index contributed by atoms with van der Waals surface area (Å²) in [6.07, 6.45) is 0. The quantitative estimate of drug-likeness (QED) is 0.778. The average Bonchev–Trinajstić information content (AvgIpc) is 2.88. The van der Waals surface area contributed by atoms with Crippen molar-refractivity contribution in [1.29, 1.82) is 0 Å². The molecule has 1 heterocycles. The molecule has 0 spiro atoms. The molecule has 3 aromatic rings. The van der Waals surface area contributed by atoms with Crippen molar-refractivity contribution in [1.82, 2.24) is 4.98 Å². The SMILES string of the molecule is COc1ccc(NCc2nc3ccccc3s2)cc1C. The van der Waals surface area contributed by atoms with Gasteiger partial charge in [-0.3, -0.25) is 0 Å². The normalized spacial score (nSPS) is 10.7. The maximum atomic E-state index is 5.26. The molecule has 0 fully saturated rings. The first-order valence-corrected chi connectivity index (χ1v) is 7.31. The van der Waals surface area contributed by atoms with Gasteiger partial charge in [-0.05, 0) is 42.8 Å². The van der Waals surface area contributed by atoms with E-state index in [-0.39, 0.29) is 0 Å². The molecule has 4 heteroatoms. The molecule has 0 saturated heterocycles. The van der Waals surface area contributed by atoms with Crippen molar-refractivity contribution in [3.8, 4) is 5.75 Å². The minimum Gasteiger partial charge on any atom is -0.496 e. The van der Waals surface area contributed by atoms with Gasteiger partial charge in [0.15, 0.2) is 0 Å². The first kappa shape index (κ1) is 12.9. The van der Waals surface area contributed by atoms with Crippen molar-refractivity contribution >= 4 is 27.2 Å². The van der Waals surface area contributed by atoms with E-state index in [0.717, 1.165) is 34.1 Å². The van der Waals surface area contributed by atoms with Crippen LogP contribution in [0.15, 0.2) is 42.5 Å². The fraction of sp³-hybridized carbons (Fsp3) is 0.188. The number of anilines is 1. The van der Waals surface area contributed by atoms with Gasteiger partial charge in [0.1, 0.15) is 10.8 Å². The molecule has 102 valence electrons. The molecule has 0 unspecified atom stereocenters. The number of methoxy groups -OCH3 is 1. The van der Waals surface area contributed by atoms with E-state index in [0.29, 0.717) is 0 Å². The lowest BCUT2D eigenvalue weighted by atomic mass is 10.2. The first-order valence-electron chi connectivity index (χ1n) is 6.49. The summed E-state index contributed by atoms with van der Waals surface area (Å²) >= 11 is 1.73. The summed E-state index contributed by atoms with van der Waals surface area (Å²) in [5, 5.41) is 4.50. The molecule has 0 bridgehead atoms. The second kappa shape index (κ2) is 5.51. The number of aromatic nitrogens is 1. The number of thiazole rings is 1. The Hall–Kier alpha value is -2.07. The van der Waals surface area contributed by atoms with Gasteiger partial charge in [0.2, 0.25) is 0 Å². The molecular formula is C16H16N2OS. The fourth-order valence-electron chi connectivity index (χ4n) is 2.16. The minimum atomic E-state index is 0.741. The Morgan fingerprint density at radius 3 is 2.80 bits per heavy atom. The van der Waals surface area contributed by atoms with Gasteiger partial charge in [-0.1, -0.05) is 12.1 Å². The van der Waals surface area contributed by atoms with E-state index < -0.39 is 0 Å². The maximum absolute atomic E-state index is 5.26. The predicted molar refractivity (Wildman–Crippen MR) is 84.7 cm³/mol. The van der Waals surface area contributed by atoms with Crippen LogP contribution in [0.3, 0.4) is 0 Å². The average molecular weight is 284 g/mol. The highest BCUT2D eigenvalue weighted by molar-refractivity contribution is 7.18. The van der Waals surface area contributed by atoms with E-state index in [1.165, 1.54) is 4.70 Å². The van der Waals surface area contributed by atoms with E-state index in [4.69, 9.17) is 4.74 Å². The van der Waals surface area contributed by atoms with Gasteiger partial charge in [0.25, 0.3) is 0 Å². The number of nitrogens with zero attached hydrogens (tertiary/aromatic N) is 1. The second-order valence-corrected chi connectivity index (χ2v) is 5.73. The van der Waals surface area contributed by atoms with Gasteiger partial charge in [0, 0.05) is 5.69 Å². The van der Waals surface area contributed by atoms with Gasteiger partial charge in [-0.25, -0.2) is 4.98 Å². The Labute approximate surface area is 122 Å². The number of rotatable bonds is 4. The highest BCUT2D eigenvalue weighted by Gasteiger charge is 2.04. The molecule has 0 amide bonds. The van der Waals surface area contributed by atoms with Crippen LogP contribution in [0, 0.1) is 6.92 Å². The van der Waals surface area contributed by atoms with E-state index in [1.807, 2.05) is 37.3 Å². The van der Waals surface area contributed by atoms with Crippen LogP contribution in [0.25, 0.3) is 10.2 Å². The fourth-order valence-corrected chi connectivity index (χ4v) is 3.07. The molecule has 1 N–H and O–H groups in total. The van der Waals surface area contributed by atoms with E-state index in [2.05, 4.69) is 22.4 Å². The third-order valence-corrected chi connectivity index (χ3v) is 4.21. The Morgan fingerprint density at radius 2 is 2.05 bits per heavy atom. The van der Waals surface area contributed by atoms with Gasteiger partial charge in [0.05, 0.1) is 23.9 Å². The van der Waals surface area contributed by atoms with Crippen LogP contribution in [-0.4, -0.2) is 12.1 Å². The molecule has 3 nitrogen and oxygen atoms in total. The Bertz CT molecular complexity index is 703. The molecule has 0 aliphatic rings. The van der Waals surface area contributed by atoms with Crippen LogP contribution in [0.2, 0.25) is 0 Å². The standard InChI is InChI=1S/C16H16N2OS/c1-11-9-12(7-8-14(11)19-2)17-10-16-18-13-5-3-4-6-15(13)20-16/h3-9,17H,10H2,1-2H3. The van der Waals surface area contributed by atoms with Crippen molar-refractivity contribution in [3.63, 3.8) is 0 Å². The summed E-state index contributed by atoms with van der Waals surface area (Å²) in [7, 11) is 1.69. The van der Waals surface area contributed by atoms with Gasteiger partial charge >= 0.3 is 0 Å². The number of hydrogen-bond acceptors (Lipinski definition) is 4. The van der Waals surface area contributed by atoms with Crippen molar-refractivity contribution in [2.24, 2.45) is 0 Å². The zero-order chi connectivity index (χ0) is 13.9. The number of ether oxygens (including phenoxy) is 1. The Morgan fingerprint density at radius 1 is 1.20 bits per heavy atom. The maximum Gasteiger partial charge on any atom is 0.121 e. The number of nitrogens with one attached hydrogen (secondary N) is 1. The van der Waals surface area contributed by atoms with Crippen molar-refractivity contribution in [2.45, 2.75) is 13.5 Å². The van der Waals surface area contributed by atoms with Crippen LogP contribution in [0.5, 0.6) is 5.75 Å². The van der Waals surface area contributed by atoms with Crippen LogP contribution in [0.4, 0.5) is 5.69 Å². The number of benzene rings is 2. The molecule has 0 atom stereocenters. The van der Waals surface area contributed by atoms with Crippen molar-refractivity contribution < 1.29 is 4.74 Å². The lowest BCUT2D eigenvalue weighted by Crippen LogP contribution is -1.99. The summed E-state index contributed by atoms with van der Waals surface area (Å²) in [6.45, 7) is 2.78. The van der Waals surface area contributed by atoms with E-state index in [9.17, 15) is 0 Å². The molecule has 3 rings (SSSR count). The Balaban J connectivity index is 1.74. The first-order chi connectivity index (χ1) is 9.76. The highest BCUT2D eigenvalue weighted by atomic mass is 32.1. The molecule has 0 saturated carbocycles. The molecule has 0 aliphatic heterocycles.